The number of rotatable bonds is 8. The lowest BCUT2D eigenvalue weighted by Crippen LogP contribution is -2.46. The molecule has 13 nitrogen and oxygen atoms in total. The average molecular weight is 606 g/mol. The van der Waals surface area contributed by atoms with Gasteiger partial charge in [-0.15, -0.1) is 0 Å². The topological polar surface area (TPSA) is 140 Å². The lowest BCUT2D eigenvalue weighted by molar-refractivity contribution is -0.145. The fourth-order valence-corrected chi connectivity index (χ4v) is 4.29. The van der Waals surface area contributed by atoms with E-state index in [4.69, 9.17) is 23.9 Å². The van der Waals surface area contributed by atoms with Gasteiger partial charge < -0.3 is 34.1 Å². The summed E-state index contributed by atoms with van der Waals surface area (Å²) in [6.45, 7) is 14.5. The van der Waals surface area contributed by atoms with Crippen molar-refractivity contribution in [2.45, 2.75) is 66.7 Å². The summed E-state index contributed by atoms with van der Waals surface area (Å²) in [4.78, 5) is 60.0. The van der Waals surface area contributed by atoms with Gasteiger partial charge in [0.1, 0.15) is 5.60 Å². The molecule has 1 aromatic heterocycles. The highest BCUT2D eigenvalue weighted by Gasteiger charge is 2.27. The van der Waals surface area contributed by atoms with Crippen molar-refractivity contribution in [3.8, 4) is 0 Å². The van der Waals surface area contributed by atoms with E-state index in [0.717, 1.165) is 5.56 Å². The van der Waals surface area contributed by atoms with Gasteiger partial charge in [-0.1, -0.05) is 12.2 Å². The number of esters is 1. The number of fused-ring (bicyclic) bond motifs is 2. The van der Waals surface area contributed by atoms with Gasteiger partial charge in [-0.25, -0.2) is 14.4 Å². The summed E-state index contributed by atoms with van der Waals surface area (Å²) in [6, 6.07) is 3.38. The van der Waals surface area contributed by atoms with Crippen LogP contribution in [0.2, 0.25) is 0 Å². The molecule has 1 aromatic rings. The van der Waals surface area contributed by atoms with Gasteiger partial charge in [-0.2, -0.15) is 0 Å². The van der Waals surface area contributed by atoms with Gasteiger partial charge in [0.05, 0.1) is 44.3 Å². The molecule has 2 bridgehead atoms. The van der Waals surface area contributed by atoms with E-state index in [1.54, 1.807) is 47.6 Å². The van der Waals surface area contributed by atoms with Crippen molar-refractivity contribution in [1.82, 2.24) is 25.0 Å². The number of hydrogen-bond donors (Lipinski definition) is 1. The van der Waals surface area contributed by atoms with E-state index >= 15 is 0 Å². The van der Waals surface area contributed by atoms with Crippen LogP contribution in [-0.2, 0) is 30.3 Å². The molecule has 3 amide bonds. The molecule has 0 fully saturated rings. The summed E-state index contributed by atoms with van der Waals surface area (Å²) in [7, 11) is 0. The van der Waals surface area contributed by atoms with Crippen LogP contribution in [0, 0.1) is 0 Å². The Morgan fingerprint density at radius 3 is 2.16 bits per heavy atom. The molecule has 1 aliphatic heterocycles. The van der Waals surface area contributed by atoms with Crippen molar-refractivity contribution < 1.29 is 38.1 Å². The van der Waals surface area contributed by atoms with Crippen LogP contribution in [0.5, 0.6) is 0 Å². The van der Waals surface area contributed by atoms with Gasteiger partial charge in [0.15, 0.2) is 0 Å². The fraction of sp³-hybridized carbons (Fsp3) is 0.633. The third kappa shape index (κ3) is 12.5. The maximum absolute atomic E-state index is 12.9. The predicted octanol–water partition coefficient (Wildman–Crippen LogP) is 3.98. The molecular weight excluding hydrogens is 558 g/mol. The first-order valence-corrected chi connectivity index (χ1v) is 14.7. The first-order chi connectivity index (χ1) is 20.4. The Morgan fingerprint density at radius 2 is 1.53 bits per heavy atom. The van der Waals surface area contributed by atoms with E-state index in [-0.39, 0.29) is 71.1 Å². The predicted molar refractivity (Wildman–Crippen MR) is 160 cm³/mol. The van der Waals surface area contributed by atoms with Gasteiger partial charge in [0.2, 0.25) is 0 Å². The minimum atomic E-state index is -0.602. The Bertz CT molecular complexity index is 1120. The second-order valence-corrected chi connectivity index (χ2v) is 10.9. The highest BCUT2D eigenvalue weighted by Crippen LogP contribution is 2.23. The average Bonchev–Trinajstić information content (AvgIpc) is 2.92. The molecule has 2 heterocycles. The normalized spacial score (nSPS) is 16.6. The summed E-state index contributed by atoms with van der Waals surface area (Å²) < 4.78 is 21.0. The van der Waals surface area contributed by atoms with E-state index in [0.29, 0.717) is 17.9 Å². The molecular formula is C30H47N5O8. The first kappa shape index (κ1) is 35.3. The summed E-state index contributed by atoms with van der Waals surface area (Å²) in [5, 5.41) is 2.70. The van der Waals surface area contributed by atoms with E-state index in [1.165, 1.54) is 9.80 Å². The number of aromatic nitrogens is 1. The lowest BCUT2D eigenvalue weighted by atomic mass is 10.1. The van der Waals surface area contributed by atoms with Crippen LogP contribution in [0.15, 0.2) is 18.2 Å². The summed E-state index contributed by atoms with van der Waals surface area (Å²) in [6.07, 6.45) is 2.09. The number of hydrogen-bond acceptors (Lipinski definition) is 10. The molecule has 43 heavy (non-hydrogen) atoms. The maximum atomic E-state index is 12.9. The van der Waals surface area contributed by atoms with E-state index in [1.807, 2.05) is 30.0 Å². The molecule has 2 rings (SSSR count). The molecule has 1 aliphatic rings. The smallest absolute Gasteiger partial charge is 0.410 e. The molecule has 0 saturated carbocycles. The Labute approximate surface area is 254 Å². The molecule has 0 aliphatic carbocycles. The Hall–Kier alpha value is -3.87. The monoisotopic (exact) mass is 605 g/mol. The molecule has 13 heteroatoms. The number of carbonyl (C=O) groups is 4. The number of alkyl carbamates (subject to hydrolysis) is 1. The van der Waals surface area contributed by atoms with Gasteiger partial charge in [0, 0.05) is 38.8 Å². The van der Waals surface area contributed by atoms with Crippen LogP contribution < -0.4 is 5.32 Å². The minimum Gasteiger partial charge on any atom is -0.465 e. The number of ether oxygens (including phenoxy) is 4. The van der Waals surface area contributed by atoms with Gasteiger partial charge in [0.25, 0.3) is 0 Å². The van der Waals surface area contributed by atoms with Gasteiger partial charge in [-0.05, 0) is 66.2 Å². The number of amides is 3. The Kier molecular flexibility index (Phi) is 14.2. The maximum Gasteiger partial charge on any atom is 0.410 e. The number of pyridine rings is 1. The van der Waals surface area contributed by atoms with Crippen molar-refractivity contribution >= 4 is 30.3 Å². The summed E-state index contributed by atoms with van der Waals surface area (Å²) in [5.41, 5.74) is 1.45. The lowest BCUT2D eigenvalue weighted by Gasteiger charge is -2.33. The van der Waals surface area contributed by atoms with Crippen molar-refractivity contribution in [2.75, 3.05) is 59.1 Å². The molecule has 0 saturated heterocycles. The zero-order valence-electron chi connectivity index (χ0n) is 26.5. The highest BCUT2D eigenvalue weighted by atomic mass is 16.6. The second kappa shape index (κ2) is 17.3. The molecule has 0 aromatic carbocycles. The van der Waals surface area contributed by atoms with Crippen molar-refractivity contribution in [3.05, 3.63) is 35.2 Å². The SMILES string of the molecule is CCOC(=O)CN1CCN(C(=O)OCC)CCN(C(=O)OCC)Cc2cc(C=CCNC(=O)OC(C)(C)C)cc(n2)C1C. The Morgan fingerprint density at radius 1 is 0.930 bits per heavy atom. The number of carbonyl (C=O) groups excluding carboxylic acids is 4. The van der Waals surface area contributed by atoms with E-state index in [2.05, 4.69) is 5.32 Å². The van der Waals surface area contributed by atoms with Crippen LogP contribution in [0.25, 0.3) is 6.08 Å². The van der Waals surface area contributed by atoms with Crippen LogP contribution in [-0.4, -0.2) is 109 Å². The third-order valence-corrected chi connectivity index (χ3v) is 6.31. The standard InChI is InChI=1S/C30H47N5O8/c1-8-40-26(36)21-34-16-14-33(28(38)41-9-2)15-17-35(29(39)42-10-3)20-24-18-23(19-25(32-24)22(34)4)12-11-13-31-27(37)43-30(5,6)7/h11-12,18-19,22H,8-10,13-17,20-21H2,1-7H3,(H,31,37). The Balaban J connectivity index is 2.45. The van der Waals surface area contributed by atoms with Crippen molar-refractivity contribution in [2.24, 2.45) is 0 Å². The van der Waals surface area contributed by atoms with Crippen LogP contribution >= 0.6 is 0 Å². The third-order valence-electron chi connectivity index (χ3n) is 6.31. The summed E-state index contributed by atoms with van der Waals surface area (Å²) in [5.74, 6) is -0.387. The highest BCUT2D eigenvalue weighted by molar-refractivity contribution is 5.72. The van der Waals surface area contributed by atoms with Crippen molar-refractivity contribution in [3.63, 3.8) is 0 Å². The molecule has 0 spiro atoms. The summed E-state index contributed by atoms with van der Waals surface area (Å²) >= 11 is 0. The second-order valence-electron chi connectivity index (χ2n) is 10.9. The zero-order chi connectivity index (χ0) is 32.0. The molecule has 1 atom stereocenters. The number of nitrogens with one attached hydrogen (secondary N) is 1. The van der Waals surface area contributed by atoms with Crippen LogP contribution in [0.4, 0.5) is 14.4 Å². The molecule has 1 unspecified atom stereocenters. The fourth-order valence-electron chi connectivity index (χ4n) is 4.29. The first-order valence-electron chi connectivity index (χ1n) is 14.7. The van der Waals surface area contributed by atoms with E-state index in [9.17, 15) is 19.2 Å². The van der Waals surface area contributed by atoms with Gasteiger partial charge >= 0.3 is 24.2 Å². The molecule has 1 N–H and O–H groups in total. The van der Waals surface area contributed by atoms with E-state index < -0.39 is 23.9 Å². The zero-order valence-corrected chi connectivity index (χ0v) is 26.5. The molecule has 240 valence electrons. The van der Waals surface area contributed by atoms with Crippen LogP contribution in [0.1, 0.15) is 71.5 Å². The number of nitrogens with zero attached hydrogens (tertiary/aromatic N) is 4. The molecule has 0 radical (unpaired) electrons. The van der Waals surface area contributed by atoms with Crippen LogP contribution in [0.3, 0.4) is 0 Å². The van der Waals surface area contributed by atoms with Crippen molar-refractivity contribution in [1.29, 1.82) is 0 Å². The minimum absolute atomic E-state index is 0.00247. The quantitative estimate of drug-likeness (QED) is 0.342. The van der Waals surface area contributed by atoms with Gasteiger partial charge in [-0.3, -0.25) is 14.7 Å². The largest absolute Gasteiger partial charge is 0.465 e.